The molecule has 1 saturated carbocycles. The first-order valence-electron chi connectivity index (χ1n) is 8.76. The van der Waals surface area contributed by atoms with E-state index in [0.717, 1.165) is 30.6 Å². The van der Waals surface area contributed by atoms with Crippen molar-refractivity contribution in [2.45, 2.75) is 71.0 Å². The number of aliphatic carboxylic acids is 1. The zero-order valence-corrected chi connectivity index (χ0v) is 14.6. The summed E-state index contributed by atoms with van der Waals surface area (Å²) in [6.07, 6.45) is 2.84. The summed E-state index contributed by atoms with van der Waals surface area (Å²) in [6.45, 7) is 5.95. The number of carbonyl (C=O) groups excluding carboxylic acids is 1. The minimum Gasteiger partial charge on any atom is -0.480 e. The second-order valence-electron chi connectivity index (χ2n) is 7.49. The summed E-state index contributed by atoms with van der Waals surface area (Å²) in [4.78, 5) is 38.3. The SMILES string of the molecule is CC1CCC(N(C(=O)C(C)C)[C@H]2C[C@@H](C(=O)O)N(C(=O)O)C2)CC1. The van der Waals surface area contributed by atoms with Crippen LogP contribution in [0.5, 0.6) is 0 Å². The third-order valence-electron chi connectivity index (χ3n) is 5.33. The van der Waals surface area contributed by atoms with Crippen molar-refractivity contribution in [1.29, 1.82) is 0 Å². The van der Waals surface area contributed by atoms with E-state index in [0.29, 0.717) is 5.92 Å². The number of carboxylic acid groups (broad SMARTS) is 2. The van der Waals surface area contributed by atoms with Crippen LogP contribution in [0, 0.1) is 11.8 Å². The number of hydrogen-bond donors (Lipinski definition) is 2. The van der Waals surface area contributed by atoms with Gasteiger partial charge in [0.2, 0.25) is 5.91 Å². The Morgan fingerprint density at radius 2 is 1.62 bits per heavy atom. The molecule has 0 aromatic rings. The number of nitrogens with zero attached hydrogens (tertiary/aromatic N) is 2. The highest BCUT2D eigenvalue weighted by molar-refractivity contribution is 5.82. The molecule has 0 aromatic heterocycles. The molecule has 2 aliphatic rings. The van der Waals surface area contributed by atoms with Crippen molar-refractivity contribution in [2.24, 2.45) is 11.8 Å². The second kappa shape index (κ2) is 7.40. The molecule has 0 spiro atoms. The topological polar surface area (TPSA) is 98.2 Å². The number of hydrogen-bond acceptors (Lipinski definition) is 3. The fourth-order valence-electron chi connectivity index (χ4n) is 3.94. The Hall–Kier alpha value is -1.79. The lowest BCUT2D eigenvalue weighted by molar-refractivity contribution is -0.143. The fourth-order valence-corrected chi connectivity index (χ4v) is 3.94. The number of likely N-dealkylation sites (tertiary alicyclic amines) is 1. The van der Waals surface area contributed by atoms with Crippen LogP contribution in [-0.2, 0) is 9.59 Å². The molecule has 2 atom stereocenters. The van der Waals surface area contributed by atoms with Gasteiger partial charge in [0, 0.05) is 24.9 Å². The number of carboxylic acids is 1. The summed E-state index contributed by atoms with van der Waals surface area (Å²) in [5.74, 6) is -0.695. The molecule has 1 saturated heterocycles. The third kappa shape index (κ3) is 3.82. The van der Waals surface area contributed by atoms with E-state index >= 15 is 0 Å². The van der Waals surface area contributed by atoms with E-state index < -0.39 is 18.1 Å². The summed E-state index contributed by atoms with van der Waals surface area (Å²) in [7, 11) is 0. The highest BCUT2D eigenvalue weighted by Gasteiger charge is 2.45. The lowest BCUT2D eigenvalue weighted by Crippen LogP contribution is -2.51. The van der Waals surface area contributed by atoms with E-state index in [-0.39, 0.29) is 36.9 Å². The van der Waals surface area contributed by atoms with E-state index in [2.05, 4.69) is 6.92 Å². The van der Waals surface area contributed by atoms with Crippen molar-refractivity contribution < 1.29 is 24.6 Å². The number of carbonyl (C=O) groups is 3. The van der Waals surface area contributed by atoms with E-state index in [1.807, 2.05) is 18.7 Å². The van der Waals surface area contributed by atoms with Gasteiger partial charge in [-0.2, -0.15) is 0 Å². The molecule has 24 heavy (non-hydrogen) atoms. The molecule has 7 heteroatoms. The van der Waals surface area contributed by atoms with Crippen LogP contribution in [0.1, 0.15) is 52.9 Å². The Labute approximate surface area is 142 Å². The van der Waals surface area contributed by atoms with Crippen LogP contribution < -0.4 is 0 Å². The Morgan fingerprint density at radius 3 is 2.04 bits per heavy atom. The van der Waals surface area contributed by atoms with Gasteiger partial charge in [0.05, 0.1) is 6.04 Å². The van der Waals surface area contributed by atoms with Crippen molar-refractivity contribution in [1.82, 2.24) is 9.80 Å². The van der Waals surface area contributed by atoms with Gasteiger partial charge in [-0.25, -0.2) is 9.59 Å². The van der Waals surface area contributed by atoms with Gasteiger partial charge in [-0.05, 0) is 31.6 Å². The summed E-state index contributed by atoms with van der Waals surface area (Å²) in [5.41, 5.74) is 0. The molecule has 0 aromatic carbocycles. The minimum atomic E-state index is -1.24. The summed E-state index contributed by atoms with van der Waals surface area (Å²) in [6, 6.07) is -1.34. The van der Waals surface area contributed by atoms with Gasteiger partial charge in [0.15, 0.2) is 0 Å². The Balaban J connectivity index is 2.22. The monoisotopic (exact) mass is 340 g/mol. The highest BCUT2D eigenvalue weighted by atomic mass is 16.4. The first-order valence-corrected chi connectivity index (χ1v) is 8.76. The first-order chi connectivity index (χ1) is 11.2. The first kappa shape index (κ1) is 18.5. The molecule has 1 aliphatic heterocycles. The number of amides is 2. The molecule has 2 fully saturated rings. The van der Waals surface area contributed by atoms with Crippen molar-refractivity contribution in [3.63, 3.8) is 0 Å². The normalized spacial score (nSPS) is 30.4. The predicted octanol–water partition coefficient (Wildman–Crippen LogP) is 2.26. The minimum absolute atomic E-state index is 0.00377. The largest absolute Gasteiger partial charge is 0.480 e. The maximum atomic E-state index is 12.8. The Morgan fingerprint density at radius 1 is 1.04 bits per heavy atom. The van der Waals surface area contributed by atoms with Crippen LogP contribution in [-0.4, -0.2) is 62.7 Å². The maximum absolute atomic E-state index is 12.8. The summed E-state index contributed by atoms with van der Waals surface area (Å²) >= 11 is 0. The van der Waals surface area contributed by atoms with Crippen molar-refractivity contribution in [2.75, 3.05) is 6.54 Å². The molecule has 2 amide bonds. The highest BCUT2D eigenvalue weighted by Crippen LogP contribution is 2.33. The Kier molecular flexibility index (Phi) is 5.72. The molecule has 1 heterocycles. The van der Waals surface area contributed by atoms with E-state index in [9.17, 15) is 24.6 Å². The molecule has 7 nitrogen and oxygen atoms in total. The van der Waals surface area contributed by atoms with E-state index in [1.165, 1.54) is 0 Å². The van der Waals surface area contributed by atoms with E-state index in [1.54, 1.807) is 0 Å². The van der Waals surface area contributed by atoms with Gasteiger partial charge >= 0.3 is 12.1 Å². The van der Waals surface area contributed by atoms with Gasteiger partial charge in [0.25, 0.3) is 0 Å². The van der Waals surface area contributed by atoms with Gasteiger partial charge < -0.3 is 15.1 Å². The van der Waals surface area contributed by atoms with Crippen LogP contribution in [0.15, 0.2) is 0 Å². The van der Waals surface area contributed by atoms with Crippen LogP contribution >= 0.6 is 0 Å². The zero-order chi connectivity index (χ0) is 18.0. The molecule has 1 aliphatic carbocycles. The van der Waals surface area contributed by atoms with Gasteiger partial charge in [-0.1, -0.05) is 20.8 Å². The lowest BCUT2D eigenvalue weighted by Gasteiger charge is -2.40. The van der Waals surface area contributed by atoms with Crippen LogP contribution in [0.3, 0.4) is 0 Å². The molecular formula is C17H28N2O5. The van der Waals surface area contributed by atoms with Crippen molar-refractivity contribution in [3.8, 4) is 0 Å². The van der Waals surface area contributed by atoms with Crippen molar-refractivity contribution in [3.05, 3.63) is 0 Å². The van der Waals surface area contributed by atoms with Gasteiger partial charge in [0.1, 0.15) is 6.04 Å². The van der Waals surface area contributed by atoms with Gasteiger partial charge in [-0.3, -0.25) is 9.69 Å². The quantitative estimate of drug-likeness (QED) is 0.818. The maximum Gasteiger partial charge on any atom is 0.408 e. The van der Waals surface area contributed by atoms with Crippen LogP contribution in [0.4, 0.5) is 4.79 Å². The second-order valence-corrected chi connectivity index (χ2v) is 7.49. The van der Waals surface area contributed by atoms with E-state index in [4.69, 9.17) is 0 Å². The third-order valence-corrected chi connectivity index (χ3v) is 5.33. The predicted molar refractivity (Wildman–Crippen MR) is 87.7 cm³/mol. The Bertz CT molecular complexity index is 477. The molecule has 2 N–H and O–H groups in total. The smallest absolute Gasteiger partial charge is 0.408 e. The molecule has 136 valence electrons. The van der Waals surface area contributed by atoms with Crippen LogP contribution in [0.2, 0.25) is 0 Å². The molecule has 0 unspecified atom stereocenters. The lowest BCUT2D eigenvalue weighted by atomic mass is 9.85. The molecule has 0 radical (unpaired) electrons. The number of rotatable bonds is 4. The average Bonchev–Trinajstić information content (AvgIpc) is 2.94. The van der Waals surface area contributed by atoms with Crippen LogP contribution in [0.25, 0.3) is 0 Å². The van der Waals surface area contributed by atoms with Crippen molar-refractivity contribution >= 4 is 18.0 Å². The summed E-state index contributed by atoms with van der Waals surface area (Å²) in [5, 5.41) is 18.6. The molecule has 2 rings (SSSR count). The standard InChI is InChI=1S/C17H28N2O5/c1-10(2)15(20)19(12-6-4-11(3)5-7-12)13-8-14(16(21)22)18(9-13)17(23)24/h10-14H,4-9H2,1-3H3,(H,21,22)(H,23,24)/t11?,12?,13-,14-/m0/s1. The molecule has 0 bridgehead atoms. The van der Waals surface area contributed by atoms with Gasteiger partial charge in [-0.15, -0.1) is 0 Å². The zero-order valence-electron chi connectivity index (χ0n) is 14.6. The fraction of sp³-hybridized carbons (Fsp3) is 0.824. The molecular weight excluding hydrogens is 312 g/mol. The summed E-state index contributed by atoms with van der Waals surface area (Å²) < 4.78 is 0. The average molecular weight is 340 g/mol.